The molecule has 2 amide bonds. The molecule has 0 spiro atoms. The van der Waals surface area contributed by atoms with Crippen molar-refractivity contribution in [1.29, 1.82) is 0 Å². The molecule has 0 bridgehead atoms. The smallest absolute Gasteiger partial charge is 0.254 e. The zero-order chi connectivity index (χ0) is 25.2. The zero-order valence-corrected chi connectivity index (χ0v) is 20.7. The van der Waals surface area contributed by atoms with Crippen LogP contribution < -0.4 is 19.5 Å². The number of rotatable bonds is 7. The first-order valence-corrected chi connectivity index (χ1v) is 12.3. The van der Waals surface area contributed by atoms with Gasteiger partial charge in [-0.25, -0.2) is 0 Å². The lowest BCUT2D eigenvalue weighted by atomic mass is 9.75. The first-order chi connectivity index (χ1) is 17.6. The number of carbonyl (C=O) groups is 2. The van der Waals surface area contributed by atoms with Crippen molar-refractivity contribution < 1.29 is 23.8 Å². The third-order valence-corrected chi connectivity index (χ3v) is 6.83. The Labute approximate surface area is 211 Å². The van der Waals surface area contributed by atoms with E-state index in [0.29, 0.717) is 54.7 Å². The lowest BCUT2D eigenvalue weighted by molar-refractivity contribution is -0.119. The summed E-state index contributed by atoms with van der Waals surface area (Å²) in [6, 6.07) is 18.2. The number of hydrogen-bond acceptors (Lipinski definition) is 5. The van der Waals surface area contributed by atoms with Gasteiger partial charge in [0.2, 0.25) is 5.91 Å². The Balaban J connectivity index is 1.64. The topological polar surface area (TPSA) is 77.1 Å². The molecule has 2 aliphatic rings. The van der Waals surface area contributed by atoms with Crippen molar-refractivity contribution in [3.8, 4) is 17.2 Å². The summed E-state index contributed by atoms with van der Waals surface area (Å²) in [5.41, 5.74) is 3.84. The average molecular weight is 487 g/mol. The maximum atomic E-state index is 14.0. The minimum absolute atomic E-state index is 0.0607. The van der Waals surface area contributed by atoms with E-state index in [4.69, 9.17) is 14.2 Å². The van der Waals surface area contributed by atoms with Gasteiger partial charge in [-0.05, 0) is 67.3 Å². The van der Waals surface area contributed by atoms with Crippen molar-refractivity contribution in [1.82, 2.24) is 4.90 Å². The molecule has 0 fully saturated rings. The van der Waals surface area contributed by atoms with E-state index < -0.39 is 12.0 Å². The first-order valence-electron chi connectivity index (χ1n) is 12.3. The summed E-state index contributed by atoms with van der Waals surface area (Å²) in [5.74, 6) is 1.00. The van der Waals surface area contributed by atoms with Gasteiger partial charge in [-0.15, -0.1) is 0 Å². The largest absolute Gasteiger partial charge is 0.495 e. The number of nitrogens with zero attached hydrogens (tertiary/aromatic N) is 1. The third-order valence-electron chi connectivity index (χ3n) is 6.83. The fraction of sp³-hybridized carbons (Fsp3) is 0.310. The summed E-state index contributed by atoms with van der Waals surface area (Å²) < 4.78 is 17.2. The summed E-state index contributed by atoms with van der Waals surface area (Å²) in [5, 5.41) is 3.06. The number of benzene rings is 3. The minimum atomic E-state index is -0.615. The van der Waals surface area contributed by atoms with Crippen molar-refractivity contribution in [3.63, 3.8) is 0 Å². The molecule has 7 nitrogen and oxygen atoms in total. The Hall–Kier alpha value is -4.00. The predicted molar refractivity (Wildman–Crippen MR) is 137 cm³/mol. The lowest BCUT2D eigenvalue weighted by Crippen LogP contribution is -2.49. The number of nitrogens with one attached hydrogen (secondary N) is 1. The van der Waals surface area contributed by atoms with E-state index in [1.807, 2.05) is 67.3 Å². The second-order valence-electron chi connectivity index (χ2n) is 8.81. The van der Waals surface area contributed by atoms with E-state index in [9.17, 15) is 9.59 Å². The molecule has 0 saturated heterocycles. The number of methoxy groups -OCH3 is 1. The Morgan fingerprint density at radius 1 is 0.944 bits per heavy atom. The number of fused-ring (bicyclic) bond motifs is 4. The van der Waals surface area contributed by atoms with Crippen molar-refractivity contribution >= 4 is 17.5 Å². The van der Waals surface area contributed by atoms with Crippen LogP contribution in [-0.2, 0) is 11.2 Å². The zero-order valence-electron chi connectivity index (χ0n) is 20.7. The highest BCUT2D eigenvalue weighted by atomic mass is 16.5. The van der Waals surface area contributed by atoms with Crippen molar-refractivity contribution in [2.75, 3.05) is 32.2 Å². The average Bonchev–Trinajstić information content (AvgIpc) is 2.90. The molecular weight excluding hydrogens is 456 g/mol. The third kappa shape index (κ3) is 4.04. The van der Waals surface area contributed by atoms with Crippen molar-refractivity contribution in [2.24, 2.45) is 0 Å². The second kappa shape index (κ2) is 9.93. The van der Waals surface area contributed by atoms with Crippen LogP contribution >= 0.6 is 0 Å². The van der Waals surface area contributed by atoms with Gasteiger partial charge < -0.3 is 24.4 Å². The van der Waals surface area contributed by atoms with Gasteiger partial charge in [0.25, 0.3) is 5.91 Å². The van der Waals surface area contributed by atoms with E-state index in [2.05, 4.69) is 5.32 Å². The van der Waals surface area contributed by atoms with Crippen LogP contribution in [0.3, 0.4) is 0 Å². The number of anilines is 1. The number of amides is 2. The molecule has 0 aliphatic carbocycles. The molecule has 2 heterocycles. The number of para-hydroxylation sites is 2. The van der Waals surface area contributed by atoms with Gasteiger partial charge in [0.1, 0.15) is 5.75 Å². The van der Waals surface area contributed by atoms with Crippen LogP contribution in [0.25, 0.3) is 0 Å². The van der Waals surface area contributed by atoms with Crippen LogP contribution in [0.15, 0.2) is 60.7 Å². The molecule has 0 aromatic heterocycles. The molecule has 2 atom stereocenters. The molecule has 3 aromatic rings. The fourth-order valence-corrected chi connectivity index (χ4v) is 5.31. The van der Waals surface area contributed by atoms with Crippen LogP contribution in [-0.4, -0.2) is 43.6 Å². The van der Waals surface area contributed by atoms with Gasteiger partial charge in [0.05, 0.1) is 38.0 Å². The van der Waals surface area contributed by atoms with Crippen LogP contribution in [0.4, 0.5) is 5.69 Å². The monoisotopic (exact) mass is 486 g/mol. The Morgan fingerprint density at radius 2 is 1.64 bits per heavy atom. The Bertz CT molecular complexity index is 1300. The number of ether oxygens (including phenoxy) is 3. The molecule has 2 aliphatic heterocycles. The minimum Gasteiger partial charge on any atom is -0.495 e. The maximum Gasteiger partial charge on any atom is 0.254 e. The highest BCUT2D eigenvalue weighted by Crippen LogP contribution is 2.48. The summed E-state index contributed by atoms with van der Waals surface area (Å²) in [6.45, 7) is 5.37. The van der Waals surface area contributed by atoms with Crippen LogP contribution in [0, 0.1) is 0 Å². The SMILES string of the molecule is CCOc1cc2c(cc1OCC)[C@@H]1[C@@H](C(=O)Nc3ccccc3OC)c3ccccc3C(=O)N1CC2. The van der Waals surface area contributed by atoms with E-state index in [0.717, 1.165) is 16.7 Å². The first kappa shape index (κ1) is 23.7. The van der Waals surface area contributed by atoms with Gasteiger partial charge >= 0.3 is 0 Å². The van der Waals surface area contributed by atoms with Crippen LogP contribution in [0.1, 0.15) is 52.9 Å². The normalized spacial score (nSPS) is 18.0. The van der Waals surface area contributed by atoms with Crippen molar-refractivity contribution in [2.45, 2.75) is 32.2 Å². The summed E-state index contributed by atoms with van der Waals surface area (Å²) in [6.07, 6.45) is 0.674. The van der Waals surface area contributed by atoms with E-state index in [1.165, 1.54) is 0 Å². The van der Waals surface area contributed by atoms with Gasteiger partial charge in [0, 0.05) is 12.1 Å². The molecule has 3 aromatic carbocycles. The molecule has 0 saturated carbocycles. The quantitative estimate of drug-likeness (QED) is 0.510. The Morgan fingerprint density at radius 3 is 2.39 bits per heavy atom. The predicted octanol–water partition coefficient (Wildman–Crippen LogP) is 4.97. The highest BCUT2D eigenvalue weighted by Gasteiger charge is 2.46. The van der Waals surface area contributed by atoms with E-state index >= 15 is 0 Å². The van der Waals surface area contributed by atoms with Gasteiger partial charge in [-0.1, -0.05) is 30.3 Å². The van der Waals surface area contributed by atoms with Crippen LogP contribution in [0.2, 0.25) is 0 Å². The number of carbonyl (C=O) groups excluding carboxylic acids is 2. The highest BCUT2D eigenvalue weighted by molar-refractivity contribution is 6.05. The molecule has 1 N–H and O–H groups in total. The molecule has 5 rings (SSSR count). The van der Waals surface area contributed by atoms with Crippen LogP contribution in [0.5, 0.6) is 17.2 Å². The van der Waals surface area contributed by atoms with E-state index in [1.54, 1.807) is 19.2 Å². The van der Waals surface area contributed by atoms with Gasteiger partial charge in [-0.3, -0.25) is 9.59 Å². The van der Waals surface area contributed by atoms with Gasteiger partial charge in [0.15, 0.2) is 11.5 Å². The lowest BCUT2D eigenvalue weighted by Gasteiger charge is -2.45. The number of hydrogen-bond donors (Lipinski definition) is 1. The molecular formula is C29H30N2O5. The molecule has 0 radical (unpaired) electrons. The Kier molecular flexibility index (Phi) is 6.55. The van der Waals surface area contributed by atoms with E-state index in [-0.39, 0.29) is 11.8 Å². The standard InChI is InChI=1S/C29H30N2O5/c1-4-35-24-16-18-14-15-31-27(21(18)17-25(24)36-5-2)26(19-10-6-7-11-20(19)29(31)33)28(32)30-22-12-8-9-13-23(22)34-3/h6-13,16-17,26-27H,4-5,14-15H2,1-3H3,(H,30,32)/t26-,27+/m0/s1. The maximum absolute atomic E-state index is 14.0. The summed E-state index contributed by atoms with van der Waals surface area (Å²) in [4.78, 5) is 29.4. The van der Waals surface area contributed by atoms with Gasteiger partial charge in [-0.2, -0.15) is 0 Å². The van der Waals surface area contributed by atoms with Crippen molar-refractivity contribution in [3.05, 3.63) is 82.9 Å². The molecule has 0 unspecified atom stereocenters. The molecule has 36 heavy (non-hydrogen) atoms. The molecule has 186 valence electrons. The second-order valence-corrected chi connectivity index (χ2v) is 8.81. The summed E-state index contributed by atoms with van der Waals surface area (Å²) >= 11 is 0. The fourth-order valence-electron chi connectivity index (χ4n) is 5.31. The molecule has 7 heteroatoms. The summed E-state index contributed by atoms with van der Waals surface area (Å²) in [7, 11) is 1.57.